The molecule has 0 aliphatic carbocycles. The van der Waals surface area contributed by atoms with E-state index in [2.05, 4.69) is 14.4 Å². The zero-order chi connectivity index (χ0) is 5.82. The first-order valence-electron chi connectivity index (χ1n) is 2.01. The summed E-state index contributed by atoms with van der Waals surface area (Å²) in [6.45, 7) is 0.344. The molecule has 0 saturated carbocycles. The normalized spacial score (nSPS) is 9.62. The van der Waals surface area contributed by atoms with Crippen LogP contribution in [0.1, 0.15) is 5.69 Å². The quantitative estimate of drug-likeness (QED) is 0.570. The minimum Gasteiger partial charge on any atom is -0.298 e. The summed E-state index contributed by atoms with van der Waals surface area (Å²) < 4.78 is 3.60. The monoisotopic (exact) mass is 131 g/mol. The summed E-state index contributed by atoms with van der Waals surface area (Å²) in [5, 5.41) is 5.45. The Kier molecular flexibility index (Phi) is 1.90. The molecule has 1 aromatic heterocycles. The fourth-order valence-corrected chi connectivity index (χ4v) is 0.768. The molecule has 5 heteroatoms. The van der Waals surface area contributed by atoms with Crippen molar-refractivity contribution in [2.24, 2.45) is 5.90 Å². The summed E-state index contributed by atoms with van der Waals surface area (Å²) in [4.78, 5) is 4.29. The van der Waals surface area contributed by atoms with Gasteiger partial charge in [-0.1, -0.05) is 4.49 Å². The van der Waals surface area contributed by atoms with Crippen molar-refractivity contribution in [3.8, 4) is 0 Å². The van der Waals surface area contributed by atoms with Crippen molar-refractivity contribution in [3.05, 3.63) is 11.1 Å². The molecule has 2 N–H and O–H groups in total. The van der Waals surface area contributed by atoms with Gasteiger partial charge in [-0.15, -0.1) is 5.10 Å². The molecule has 0 spiro atoms. The number of aromatic nitrogens is 2. The van der Waals surface area contributed by atoms with Crippen LogP contribution in [0.2, 0.25) is 0 Å². The van der Waals surface area contributed by atoms with Crippen LogP contribution in [0.25, 0.3) is 0 Å². The first-order chi connectivity index (χ1) is 3.93. The van der Waals surface area contributed by atoms with Crippen LogP contribution in [-0.4, -0.2) is 9.59 Å². The highest BCUT2D eigenvalue weighted by molar-refractivity contribution is 7.03. The van der Waals surface area contributed by atoms with E-state index in [4.69, 9.17) is 5.90 Å². The lowest BCUT2D eigenvalue weighted by molar-refractivity contribution is 0.121. The molecule has 4 nitrogen and oxygen atoms in total. The van der Waals surface area contributed by atoms with Crippen LogP contribution in [0.5, 0.6) is 0 Å². The maximum atomic E-state index is 4.76. The molecule has 0 saturated heterocycles. The van der Waals surface area contributed by atoms with Crippen molar-refractivity contribution in [1.29, 1.82) is 0 Å². The Bertz CT molecular complexity index is 140. The Hall–Kier alpha value is -0.520. The minimum absolute atomic E-state index is 0.344. The first-order valence-corrected chi connectivity index (χ1v) is 2.85. The van der Waals surface area contributed by atoms with E-state index < -0.39 is 0 Å². The van der Waals surface area contributed by atoms with Gasteiger partial charge in [-0.05, 0) is 11.5 Å². The molecule has 1 heterocycles. The summed E-state index contributed by atoms with van der Waals surface area (Å²) in [6.07, 6.45) is 0. The van der Waals surface area contributed by atoms with Crippen molar-refractivity contribution in [3.63, 3.8) is 0 Å². The zero-order valence-corrected chi connectivity index (χ0v) is 4.89. The lowest BCUT2D eigenvalue weighted by atomic mass is 10.6. The molecule has 44 valence electrons. The number of nitrogens with two attached hydrogens (primary N) is 1. The van der Waals surface area contributed by atoms with Gasteiger partial charge in [0.2, 0.25) is 0 Å². The van der Waals surface area contributed by atoms with Gasteiger partial charge in [0.25, 0.3) is 0 Å². The van der Waals surface area contributed by atoms with Crippen molar-refractivity contribution in [2.75, 3.05) is 0 Å². The number of nitrogens with zero attached hydrogens (tertiary/aromatic N) is 2. The summed E-state index contributed by atoms with van der Waals surface area (Å²) in [5.41, 5.74) is 0.775. The van der Waals surface area contributed by atoms with Crippen LogP contribution in [0.4, 0.5) is 0 Å². The zero-order valence-electron chi connectivity index (χ0n) is 4.07. The third-order valence-corrected chi connectivity index (χ3v) is 1.19. The molecule has 1 aromatic rings. The van der Waals surface area contributed by atoms with Gasteiger partial charge in [0.05, 0.1) is 0 Å². The molecule has 0 radical (unpaired) electrons. The van der Waals surface area contributed by atoms with Gasteiger partial charge >= 0.3 is 0 Å². The molecule has 0 bridgehead atoms. The third-order valence-electron chi connectivity index (χ3n) is 0.636. The van der Waals surface area contributed by atoms with Gasteiger partial charge in [0.15, 0.2) is 0 Å². The van der Waals surface area contributed by atoms with E-state index in [-0.39, 0.29) is 0 Å². The molecule has 0 aromatic carbocycles. The van der Waals surface area contributed by atoms with Gasteiger partial charge < -0.3 is 0 Å². The van der Waals surface area contributed by atoms with E-state index in [0.29, 0.717) is 6.61 Å². The van der Waals surface area contributed by atoms with E-state index in [1.807, 2.05) is 0 Å². The van der Waals surface area contributed by atoms with E-state index >= 15 is 0 Å². The largest absolute Gasteiger partial charge is 0.298 e. The second-order valence-corrected chi connectivity index (χ2v) is 1.82. The summed E-state index contributed by atoms with van der Waals surface area (Å²) in [7, 11) is 0. The minimum atomic E-state index is 0.344. The van der Waals surface area contributed by atoms with Gasteiger partial charge in [-0.25, -0.2) is 5.90 Å². The molecule has 8 heavy (non-hydrogen) atoms. The summed E-state index contributed by atoms with van der Waals surface area (Å²) >= 11 is 1.28. The Balaban J connectivity index is 2.50. The van der Waals surface area contributed by atoms with Crippen LogP contribution in [-0.2, 0) is 11.4 Å². The van der Waals surface area contributed by atoms with Crippen LogP contribution in [0, 0.1) is 0 Å². The van der Waals surface area contributed by atoms with Crippen molar-refractivity contribution in [2.45, 2.75) is 6.61 Å². The average molecular weight is 131 g/mol. The predicted octanol–water partition coefficient (Wildman–Crippen LogP) is -0.0716. The predicted molar refractivity (Wildman–Crippen MR) is 28.9 cm³/mol. The highest BCUT2D eigenvalue weighted by Crippen LogP contribution is 1.95. The van der Waals surface area contributed by atoms with Crippen LogP contribution in [0.3, 0.4) is 0 Å². The van der Waals surface area contributed by atoms with E-state index in [1.165, 1.54) is 11.5 Å². The number of hydrogen-bond donors (Lipinski definition) is 1. The van der Waals surface area contributed by atoms with Gasteiger partial charge in [-0.2, -0.15) is 0 Å². The molecule has 1 rings (SSSR count). The van der Waals surface area contributed by atoms with Crippen molar-refractivity contribution in [1.82, 2.24) is 9.59 Å². The molecular formula is C3H5N3OS. The molecule has 0 fully saturated rings. The molecule has 0 atom stereocenters. The van der Waals surface area contributed by atoms with Gasteiger partial charge in [0, 0.05) is 5.38 Å². The maximum absolute atomic E-state index is 4.76. The van der Waals surface area contributed by atoms with E-state index in [0.717, 1.165) is 5.69 Å². The van der Waals surface area contributed by atoms with Crippen LogP contribution < -0.4 is 5.90 Å². The third kappa shape index (κ3) is 1.22. The SMILES string of the molecule is NOCc1csnn1. The highest BCUT2D eigenvalue weighted by Gasteiger charge is 1.91. The Morgan fingerprint density at radius 3 is 3.25 bits per heavy atom. The smallest absolute Gasteiger partial charge is 0.113 e. The van der Waals surface area contributed by atoms with E-state index in [9.17, 15) is 0 Å². The molecule has 0 aliphatic heterocycles. The average Bonchev–Trinajstić information content (AvgIpc) is 2.19. The molecular weight excluding hydrogens is 126 g/mol. The fourth-order valence-electron chi connectivity index (χ4n) is 0.332. The molecule has 0 aliphatic rings. The summed E-state index contributed by atoms with van der Waals surface area (Å²) in [5.74, 6) is 4.76. The number of rotatable bonds is 2. The fraction of sp³-hybridized carbons (Fsp3) is 0.333. The second kappa shape index (κ2) is 2.71. The topological polar surface area (TPSA) is 61.0 Å². The standard InChI is InChI=1S/C3H5N3OS/c4-7-1-3-2-8-6-5-3/h2H,1,4H2. The maximum Gasteiger partial charge on any atom is 0.113 e. The van der Waals surface area contributed by atoms with Gasteiger partial charge in [-0.3, -0.25) is 4.84 Å². The lowest BCUT2D eigenvalue weighted by Crippen LogP contribution is -1.98. The number of hydrogen-bond acceptors (Lipinski definition) is 5. The summed E-state index contributed by atoms with van der Waals surface area (Å²) in [6, 6.07) is 0. The molecule has 0 unspecified atom stereocenters. The Morgan fingerprint density at radius 1 is 1.88 bits per heavy atom. The first kappa shape index (κ1) is 5.61. The van der Waals surface area contributed by atoms with Crippen LogP contribution >= 0.6 is 11.5 Å². The Morgan fingerprint density at radius 2 is 2.75 bits per heavy atom. The van der Waals surface area contributed by atoms with Crippen molar-refractivity contribution >= 4 is 11.5 Å². The van der Waals surface area contributed by atoms with Gasteiger partial charge in [0.1, 0.15) is 12.3 Å². The highest BCUT2D eigenvalue weighted by atomic mass is 32.1. The lowest BCUT2D eigenvalue weighted by Gasteiger charge is -1.86. The Labute approximate surface area is 50.4 Å². The second-order valence-electron chi connectivity index (χ2n) is 1.21. The van der Waals surface area contributed by atoms with Crippen molar-refractivity contribution < 1.29 is 4.84 Å². The van der Waals surface area contributed by atoms with E-state index in [1.54, 1.807) is 5.38 Å². The van der Waals surface area contributed by atoms with Crippen LogP contribution in [0.15, 0.2) is 5.38 Å². The molecule has 0 amide bonds.